The van der Waals surface area contributed by atoms with Crippen molar-refractivity contribution >= 4 is 0 Å². The average Bonchev–Trinajstić information content (AvgIpc) is 2.83. The normalized spacial score (nSPS) is 26.1. The molecule has 2 unspecified atom stereocenters. The van der Waals surface area contributed by atoms with Gasteiger partial charge in [0.2, 0.25) is 0 Å². The Balaban J connectivity index is 1.96. The minimum absolute atomic E-state index is 0.00621. The van der Waals surface area contributed by atoms with Gasteiger partial charge in [0.05, 0.1) is 19.3 Å². The van der Waals surface area contributed by atoms with Crippen molar-refractivity contribution in [2.24, 2.45) is 0 Å². The van der Waals surface area contributed by atoms with Crippen molar-refractivity contribution in [3.8, 4) is 0 Å². The largest absolute Gasteiger partial charge is 0.395 e. The standard InChI is InChI=1S/C16H23NO3/c1-3-9-17(10-11-18)12-15-13-19-16(2,20-15)14-7-5-4-6-8-14/h3-8,15,18H,1,9-13H2,2H3. The first-order chi connectivity index (χ1) is 9.68. The van der Waals surface area contributed by atoms with Crippen LogP contribution in [0.15, 0.2) is 43.0 Å². The van der Waals surface area contributed by atoms with E-state index in [1.807, 2.05) is 43.3 Å². The first-order valence-electron chi connectivity index (χ1n) is 6.99. The van der Waals surface area contributed by atoms with Crippen LogP contribution in [0.25, 0.3) is 0 Å². The Morgan fingerprint density at radius 2 is 2.20 bits per heavy atom. The predicted molar refractivity (Wildman–Crippen MR) is 78.3 cm³/mol. The van der Waals surface area contributed by atoms with Gasteiger partial charge in [-0.1, -0.05) is 36.4 Å². The first-order valence-corrected chi connectivity index (χ1v) is 6.99. The zero-order chi connectivity index (χ0) is 14.4. The van der Waals surface area contributed by atoms with E-state index in [0.29, 0.717) is 13.2 Å². The van der Waals surface area contributed by atoms with Gasteiger partial charge in [0.25, 0.3) is 0 Å². The van der Waals surface area contributed by atoms with E-state index in [9.17, 15) is 0 Å². The van der Waals surface area contributed by atoms with E-state index in [4.69, 9.17) is 14.6 Å². The second kappa shape index (κ2) is 6.99. The zero-order valence-electron chi connectivity index (χ0n) is 12.0. The van der Waals surface area contributed by atoms with Crippen LogP contribution in [0.2, 0.25) is 0 Å². The van der Waals surface area contributed by atoms with Crippen molar-refractivity contribution in [2.75, 3.05) is 32.8 Å². The molecule has 1 aromatic rings. The molecule has 4 heteroatoms. The molecule has 1 N–H and O–H groups in total. The van der Waals surface area contributed by atoms with Crippen molar-refractivity contribution < 1.29 is 14.6 Å². The maximum Gasteiger partial charge on any atom is 0.192 e. The molecule has 4 nitrogen and oxygen atoms in total. The van der Waals surface area contributed by atoms with Gasteiger partial charge in [-0.05, 0) is 6.92 Å². The Morgan fingerprint density at radius 1 is 1.45 bits per heavy atom. The summed E-state index contributed by atoms with van der Waals surface area (Å²) in [5.41, 5.74) is 1.03. The summed E-state index contributed by atoms with van der Waals surface area (Å²) in [6, 6.07) is 9.97. The lowest BCUT2D eigenvalue weighted by atomic mass is 10.1. The van der Waals surface area contributed by atoms with Gasteiger partial charge in [0, 0.05) is 25.2 Å². The second-order valence-electron chi connectivity index (χ2n) is 5.13. The summed E-state index contributed by atoms with van der Waals surface area (Å²) in [7, 11) is 0. The maximum absolute atomic E-state index is 9.07. The van der Waals surface area contributed by atoms with Gasteiger partial charge in [-0.2, -0.15) is 0 Å². The van der Waals surface area contributed by atoms with Gasteiger partial charge in [0.1, 0.15) is 0 Å². The van der Waals surface area contributed by atoms with E-state index < -0.39 is 5.79 Å². The number of ether oxygens (including phenoxy) is 2. The summed E-state index contributed by atoms with van der Waals surface area (Å²) in [4.78, 5) is 2.11. The van der Waals surface area contributed by atoms with Crippen LogP contribution < -0.4 is 0 Å². The zero-order valence-corrected chi connectivity index (χ0v) is 12.0. The van der Waals surface area contributed by atoms with E-state index in [-0.39, 0.29) is 12.7 Å². The Bertz CT molecular complexity index is 423. The van der Waals surface area contributed by atoms with Gasteiger partial charge in [0.15, 0.2) is 5.79 Å². The highest BCUT2D eigenvalue weighted by atomic mass is 16.7. The fourth-order valence-electron chi connectivity index (χ4n) is 2.49. The third kappa shape index (κ3) is 3.67. The number of aliphatic hydroxyl groups is 1. The highest BCUT2D eigenvalue weighted by molar-refractivity contribution is 5.20. The van der Waals surface area contributed by atoms with Crippen LogP contribution in [-0.2, 0) is 15.3 Å². The average molecular weight is 277 g/mol. The highest BCUT2D eigenvalue weighted by Crippen LogP contribution is 2.33. The summed E-state index contributed by atoms with van der Waals surface area (Å²) >= 11 is 0. The third-order valence-electron chi connectivity index (χ3n) is 3.50. The van der Waals surface area contributed by atoms with Gasteiger partial charge in [-0.3, -0.25) is 4.90 Å². The van der Waals surface area contributed by atoms with Gasteiger partial charge < -0.3 is 14.6 Å². The molecular weight excluding hydrogens is 254 g/mol. The molecule has 1 saturated heterocycles. The summed E-state index contributed by atoms with van der Waals surface area (Å²) in [5.74, 6) is -0.676. The Morgan fingerprint density at radius 3 is 2.85 bits per heavy atom. The number of benzene rings is 1. The lowest BCUT2D eigenvalue weighted by Gasteiger charge is -2.26. The molecule has 0 radical (unpaired) electrons. The van der Waals surface area contributed by atoms with E-state index in [2.05, 4.69) is 11.5 Å². The van der Waals surface area contributed by atoms with Crippen molar-refractivity contribution in [1.29, 1.82) is 0 Å². The van der Waals surface area contributed by atoms with Crippen LogP contribution in [-0.4, -0.2) is 49.0 Å². The molecule has 0 saturated carbocycles. The molecule has 1 aliphatic rings. The monoisotopic (exact) mass is 277 g/mol. The molecule has 0 amide bonds. The number of hydrogen-bond donors (Lipinski definition) is 1. The molecule has 1 heterocycles. The van der Waals surface area contributed by atoms with Gasteiger partial charge in [-0.15, -0.1) is 6.58 Å². The van der Waals surface area contributed by atoms with E-state index >= 15 is 0 Å². The molecule has 0 bridgehead atoms. The van der Waals surface area contributed by atoms with E-state index in [1.165, 1.54) is 0 Å². The van der Waals surface area contributed by atoms with Crippen LogP contribution in [0.5, 0.6) is 0 Å². The lowest BCUT2D eigenvalue weighted by molar-refractivity contribution is -0.163. The SMILES string of the molecule is C=CCN(CCO)CC1COC(C)(c2ccccc2)O1. The molecule has 0 spiro atoms. The molecule has 1 aromatic carbocycles. The predicted octanol–water partition coefficient (Wildman–Crippen LogP) is 1.76. The van der Waals surface area contributed by atoms with E-state index in [1.54, 1.807) is 0 Å². The molecule has 1 aliphatic heterocycles. The van der Waals surface area contributed by atoms with Gasteiger partial charge in [-0.25, -0.2) is 0 Å². The summed E-state index contributed by atoms with van der Waals surface area (Å²) < 4.78 is 11.9. The minimum atomic E-state index is -0.676. The van der Waals surface area contributed by atoms with Crippen molar-refractivity contribution in [3.63, 3.8) is 0 Å². The highest BCUT2D eigenvalue weighted by Gasteiger charge is 2.39. The molecule has 1 fully saturated rings. The smallest absolute Gasteiger partial charge is 0.192 e. The summed E-state index contributed by atoms with van der Waals surface area (Å²) in [5, 5.41) is 9.07. The minimum Gasteiger partial charge on any atom is -0.395 e. The van der Waals surface area contributed by atoms with Gasteiger partial charge >= 0.3 is 0 Å². The first kappa shape index (κ1) is 15.2. The fraction of sp³-hybridized carbons (Fsp3) is 0.500. The quantitative estimate of drug-likeness (QED) is 0.771. The van der Waals surface area contributed by atoms with Crippen LogP contribution in [0.1, 0.15) is 12.5 Å². The Labute approximate surface area is 120 Å². The van der Waals surface area contributed by atoms with Crippen LogP contribution >= 0.6 is 0 Å². The third-order valence-corrected chi connectivity index (χ3v) is 3.50. The molecule has 20 heavy (non-hydrogen) atoms. The van der Waals surface area contributed by atoms with Crippen LogP contribution in [0, 0.1) is 0 Å². The van der Waals surface area contributed by atoms with Crippen molar-refractivity contribution in [3.05, 3.63) is 48.6 Å². The fourth-order valence-corrected chi connectivity index (χ4v) is 2.49. The number of nitrogens with zero attached hydrogens (tertiary/aromatic N) is 1. The maximum atomic E-state index is 9.07. The number of aliphatic hydroxyl groups excluding tert-OH is 1. The molecule has 0 aliphatic carbocycles. The number of rotatable bonds is 7. The van der Waals surface area contributed by atoms with Crippen LogP contribution in [0.4, 0.5) is 0 Å². The van der Waals surface area contributed by atoms with Crippen molar-refractivity contribution in [1.82, 2.24) is 4.90 Å². The lowest BCUT2D eigenvalue weighted by Crippen LogP contribution is -2.36. The Kier molecular flexibility index (Phi) is 5.31. The topological polar surface area (TPSA) is 41.9 Å². The molecule has 2 rings (SSSR count). The van der Waals surface area contributed by atoms with E-state index in [0.717, 1.165) is 18.7 Å². The molecule has 2 atom stereocenters. The molecule has 0 aromatic heterocycles. The van der Waals surface area contributed by atoms with Crippen molar-refractivity contribution in [2.45, 2.75) is 18.8 Å². The summed E-state index contributed by atoms with van der Waals surface area (Å²) in [6.45, 7) is 8.47. The molecule has 110 valence electrons. The number of hydrogen-bond acceptors (Lipinski definition) is 4. The summed E-state index contributed by atoms with van der Waals surface area (Å²) in [6.07, 6.45) is 1.84. The Hall–Kier alpha value is -1.20. The second-order valence-corrected chi connectivity index (χ2v) is 5.13. The molecular formula is C16H23NO3. The van der Waals surface area contributed by atoms with Crippen LogP contribution in [0.3, 0.4) is 0 Å².